The Morgan fingerprint density at radius 3 is 2.79 bits per heavy atom. The van der Waals surface area contributed by atoms with Crippen LogP contribution in [0, 0.1) is 12.7 Å². The van der Waals surface area contributed by atoms with E-state index < -0.39 is 17.8 Å². The molecule has 0 aromatic carbocycles. The van der Waals surface area contributed by atoms with Gasteiger partial charge in [-0.3, -0.25) is 0 Å². The van der Waals surface area contributed by atoms with Gasteiger partial charge in [0.25, 0.3) is 6.43 Å². The Balaban J connectivity index is 2.76. The molecule has 5 heteroatoms. The van der Waals surface area contributed by atoms with Gasteiger partial charge in [-0.25, -0.2) is 18.2 Å². The van der Waals surface area contributed by atoms with Crippen LogP contribution >= 0.6 is 0 Å². The molecule has 0 spiro atoms. The van der Waals surface area contributed by atoms with Gasteiger partial charge in [-0.1, -0.05) is 0 Å². The summed E-state index contributed by atoms with van der Waals surface area (Å²) in [5.74, 6) is -0.949. The highest BCUT2D eigenvalue weighted by atomic mass is 19.3. The van der Waals surface area contributed by atoms with Gasteiger partial charge in [-0.05, 0) is 13.0 Å². The maximum Gasteiger partial charge on any atom is 0.266 e. The van der Waals surface area contributed by atoms with Crippen molar-refractivity contribution in [1.29, 1.82) is 0 Å². The Morgan fingerprint density at radius 2 is 2.14 bits per heavy atom. The Morgan fingerprint density at radius 1 is 1.43 bits per heavy atom. The summed E-state index contributed by atoms with van der Waals surface area (Å²) in [6.07, 6.45) is 0.0209. The molecule has 0 bridgehead atoms. The minimum absolute atomic E-state index is 0.0553. The Bertz CT molecular complexity index is 476. The average Bonchev–Trinajstić information content (AvgIpc) is 2.49. The number of imidazole rings is 1. The fourth-order valence-corrected chi connectivity index (χ4v) is 1.32. The number of alkyl halides is 2. The normalized spacial score (nSPS) is 11.5. The van der Waals surface area contributed by atoms with Crippen molar-refractivity contribution in [3.05, 3.63) is 35.5 Å². The van der Waals surface area contributed by atoms with Gasteiger partial charge in [-0.2, -0.15) is 0 Å². The summed E-state index contributed by atoms with van der Waals surface area (Å²) < 4.78 is 39.4. The van der Waals surface area contributed by atoms with Gasteiger partial charge < -0.3 is 4.40 Å². The highest BCUT2D eigenvalue weighted by Crippen LogP contribution is 2.24. The van der Waals surface area contributed by atoms with E-state index in [1.54, 1.807) is 6.92 Å². The molecule has 0 atom stereocenters. The van der Waals surface area contributed by atoms with E-state index in [9.17, 15) is 13.2 Å². The van der Waals surface area contributed by atoms with E-state index in [2.05, 4.69) is 4.98 Å². The molecule has 2 aromatic rings. The molecule has 14 heavy (non-hydrogen) atoms. The molecule has 0 amide bonds. The molecule has 0 N–H and O–H groups in total. The number of fused-ring (bicyclic) bond motifs is 1. The monoisotopic (exact) mass is 200 g/mol. The zero-order valence-electron chi connectivity index (χ0n) is 7.34. The third kappa shape index (κ3) is 1.16. The molecular weight excluding hydrogens is 193 g/mol. The molecule has 0 saturated carbocycles. The maximum atomic E-state index is 13.4. The first-order chi connectivity index (χ1) is 6.61. The predicted molar refractivity (Wildman–Crippen MR) is 44.8 cm³/mol. The third-order valence-corrected chi connectivity index (χ3v) is 2.07. The minimum atomic E-state index is -2.81. The number of pyridine rings is 1. The molecule has 0 aliphatic carbocycles. The first-order valence-electron chi connectivity index (χ1n) is 4.01. The van der Waals surface area contributed by atoms with E-state index in [1.165, 1.54) is 16.8 Å². The maximum absolute atomic E-state index is 13.4. The number of aromatic nitrogens is 2. The standard InChI is InChI=1S/C9H7F3N2/c1-5-4-13-9-7(10)6(8(11)12)2-3-14(5)9/h2-4,8H,1H3. The highest BCUT2D eigenvalue weighted by molar-refractivity contribution is 5.45. The molecule has 0 radical (unpaired) electrons. The third-order valence-electron chi connectivity index (χ3n) is 2.07. The van der Waals surface area contributed by atoms with Crippen molar-refractivity contribution in [1.82, 2.24) is 9.38 Å². The Hall–Kier alpha value is -1.52. The van der Waals surface area contributed by atoms with Crippen molar-refractivity contribution < 1.29 is 13.2 Å². The number of hydrogen-bond acceptors (Lipinski definition) is 1. The van der Waals surface area contributed by atoms with Crippen LogP contribution in [0.4, 0.5) is 13.2 Å². The molecule has 0 saturated heterocycles. The summed E-state index contributed by atoms with van der Waals surface area (Å²) in [5, 5.41) is 0. The Kier molecular flexibility index (Phi) is 1.94. The van der Waals surface area contributed by atoms with Crippen LogP contribution in [0.3, 0.4) is 0 Å². The largest absolute Gasteiger partial charge is 0.302 e. The number of hydrogen-bond donors (Lipinski definition) is 0. The van der Waals surface area contributed by atoms with Gasteiger partial charge in [0, 0.05) is 18.1 Å². The SMILES string of the molecule is Cc1cnc2c(F)c(C(F)F)ccn12. The first kappa shape index (κ1) is 9.05. The van der Waals surface area contributed by atoms with Crippen molar-refractivity contribution in [2.45, 2.75) is 13.3 Å². The summed E-state index contributed by atoms with van der Waals surface area (Å²) in [7, 11) is 0. The fourth-order valence-electron chi connectivity index (χ4n) is 1.32. The molecule has 0 aliphatic heterocycles. The fraction of sp³-hybridized carbons (Fsp3) is 0.222. The van der Waals surface area contributed by atoms with Crippen molar-refractivity contribution in [2.75, 3.05) is 0 Å². The summed E-state index contributed by atoms with van der Waals surface area (Å²) in [5.41, 5.74) is 0.0446. The number of aryl methyl sites for hydroxylation is 1. The van der Waals surface area contributed by atoms with E-state index in [-0.39, 0.29) is 5.65 Å². The van der Waals surface area contributed by atoms with Crippen molar-refractivity contribution in [2.24, 2.45) is 0 Å². The molecular formula is C9H7F3N2. The summed E-state index contributed by atoms with van der Waals surface area (Å²) >= 11 is 0. The van der Waals surface area contributed by atoms with Crippen LogP contribution in [0.2, 0.25) is 0 Å². The molecule has 2 aromatic heterocycles. The minimum Gasteiger partial charge on any atom is -0.302 e. The van der Waals surface area contributed by atoms with Gasteiger partial charge in [0.15, 0.2) is 11.5 Å². The molecule has 0 aliphatic rings. The summed E-state index contributed by atoms with van der Waals surface area (Å²) in [4.78, 5) is 3.72. The first-order valence-corrected chi connectivity index (χ1v) is 4.01. The van der Waals surface area contributed by atoms with Crippen LogP contribution < -0.4 is 0 Å². The van der Waals surface area contributed by atoms with Crippen molar-refractivity contribution in [3.8, 4) is 0 Å². The van der Waals surface area contributed by atoms with Crippen molar-refractivity contribution in [3.63, 3.8) is 0 Å². The lowest BCUT2D eigenvalue weighted by Gasteiger charge is -2.03. The molecule has 2 rings (SSSR count). The van der Waals surface area contributed by atoms with Crippen LogP contribution in [0.25, 0.3) is 5.65 Å². The van der Waals surface area contributed by atoms with E-state index in [0.717, 1.165) is 6.07 Å². The van der Waals surface area contributed by atoms with Gasteiger partial charge in [-0.15, -0.1) is 0 Å². The second-order valence-corrected chi connectivity index (χ2v) is 2.98. The van der Waals surface area contributed by atoms with E-state index in [4.69, 9.17) is 0 Å². The van der Waals surface area contributed by atoms with Crippen molar-refractivity contribution >= 4 is 5.65 Å². The number of nitrogens with zero attached hydrogens (tertiary/aromatic N) is 2. The summed E-state index contributed by atoms with van der Waals surface area (Å²) in [6.45, 7) is 1.72. The molecule has 2 heterocycles. The molecule has 0 fully saturated rings. The van der Waals surface area contributed by atoms with Crippen LogP contribution in [0.15, 0.2) is 18.5 Å². The van der Waals surface area contributed by atoms with Crippen LogP contribution in [-0.4, -0.2) is 9.38 Å². The zero-order chi connectivity index (χ0) is 10.3. The van der Waals surface area contributed by atoms with E-state index in [0.29, 0.717) is 5.69 Å². The number of rotatable bonds is 1. The Labute approximate surface area is 78.0 Å². The second kappa shape index (κ2) is 3.01. The smallest absolute Gasteiger partial charge is 0.266 e. The average molecular weight is 200 g/mol. The van der Waals surface area contributed by atoms with E-state index in [1.807, 2.05) is 0 Å². The van der Waals surface area contributed by atoms with Crippen LogP contribution in [0.1, 0.15) is 17.7 Å². The van der Waals surface area contributed by atoms with Gasteiger partial charge in [0.1, 0.15) is 0 Å². The molecule has 2 nitrogen and oxygen atoms in total. The predicted octanol–water partition coefficient (Wildman–Crippen LogP) is 2.72. The molecule has 74 valence electrons. The van der Waals surface area contributed by atoms with E-state index >= 15 is 0 Å². The lowest BCUT2D eigenvalue weighted by atomic mass is 10.2. The topological polar surface area (TPSA) is 17.3 Å². The quantitative estimate of drug-likeness (QED) is 0.691. The lowest BCUT2D eigenvalue weighted by molar-refractivity contribution is 0.146. The lowest BCUT2D eigenvalue weighted by Crippen LogP contribution is -1.97. The summed E-state index contributed by atoms with van der Waals surface area (Å²) in [6, 6.07) is 1.07. The molecule has 0 unspecified atom stereocenters. The van der Waals surface area contributed by atoms with Gasteiger partial charge in [0.05, 0.1) is 5.56 Å². The highest BCUT2D eigenvalue weighted by Gasteiger charge is 2.17. The second-order valence-electron chi connectivity index (χ2n) is 2.98. The van der Waals surface area contributed by atoms with Gasteiger partial charge >= 0.3 is 0 Å². The van der Waals surface area contributed by atoms with Crippen LogP contribution in [-0.2, 0) is 0 Å². The van der Waals surface area contributed by atoms with Gasteiger partial charge in [0.2, 0.25) is 0 Å². The number of halogens is 3. The van der Waals surface area contributed by atoms with Crippen LogP contribution in [0.5, 0.6) is 0 Å². The zero-order valence-corrected chi connectivity index (χ0v) is 7.34.